The minimum Gasteiger partial charge on any atom is -0.493 e. The first kappa shape index (κ1) is 18.9. The van der Waals surface area contributed by atoms with Gasteiger partial charge in [-0.3, -0.25) is 9.78 Å². The summed E-state index contributed by atoms with van der Waals surface area (Å²) in [4.78, 5) is 18.6. The zero-order chi connectivity index (χ0) is 20.2. The Morgan fingerprint density at radius 2 is 1.97 bits per heavy atom. The summed E-state index contributed by atoms with van der Waals surface area (Å²) in [7, 11) is 3.24. The van der Waals surface area contributed by atoms with Crippen LogP contribution in [0.3, 0.4) is 0 Å². The molecule has 0 unspecified atom stereocenters. The first-order valence-electron chi connectivity index (χ1n) is 9.42. The normalized spacial score (nSPS) is 13.1. The Labute approximate surface area is 168 Å². The third kappa shape index (κ3) is 4.06. The number of pyridine rings is 1. The van der Waals surface area contributed by atoms with Crippen molar-refractivity contribution in [2.24, 2.45) is 0 Å². The van der Waals surface area contributed by atoms with E-state index in [1.807, 2.05) is 29.2 Å². The zero-order valence-electron chi connectivity index (χ0n) is 16.4. The number of aryl methyl sites for hydroxylation is 1. The van der Waals surface area contributed by atoms with Crippen molar-refractivity contribution in [3.63, 3.8) is 0 Å². The molecule has 0 radical (unpaired) electrons. The molecule has 1 aliphatic rings. The molecule has 0 atom stereocenters. The highest BCUT2D eigenvalue weighted by Crippen LogP contribution is 2.33. The van der Waals surface area contributed by atoms with E-state index >= 15 is 0 Å². The fourth-order valence-electron chi connectivity index (χ4n) is 3.43. The summed E-state index contributed by atoms with van der Waals surface area (Å²) in [5, 5.41) is 8.08. The molecule has 0 saturated carbocycles. The summed E-state index contributed by atoms with van der Waals surface area (Å²) in [6, 6.07) is 7.60. The second kappa shape index (κ2) is 8.30. The van der Waals surface area contributed by atoms with Gasteiger partial charge in [0.15, 0.2) is 11.5 Å². The summed E-state index contributed by atoms with van der Waals surface area (Å²) in [5.41, 5.74) is 3.03. The van der Waals surface area contributed by atoms with Crippen molar-refractivity contribution in [1.29, 1.82) is 0 Å². The second-order valence-corrected chi connectivity index (χ2v) is 6.78. The molecule has 1 amide bonds. The van der Waals surface area contributed by atoms with Crippen LogP contribution < -0.4 is 9.47 Å². The number of fused-ring (bicyclic) bond motifs is 1. The molecule has 8 heteroatoms. The lowest BCUT2D eigenvalue weighted by molar-refractivity contribution is -0.132. The number of hydrogen-bond acceptors (Lipinski definition) is 7. The molecule has 4 rings (SSSR count). The van der Waals surface area contributed by atoms with Crippen LogP contribution in [-0.4, -0.2) is 46.8 Å². The third-order valence-corrected chi connectivity index (χ3v) is 5.00. The minimum absolute atomic E-state index is 0.0616. The lowest BCUT2D eigenvalue weighted by Crippen LogP contribution is -2.36. The van der Waals surface area contributed by atoms with Crippen LogP contribution in [0.2, 0.25) is 0 Å². The molecule has 0 saturated heterocycles. The van der Waals surface area contributed by atoms with Crippen molar-refractivity contribution >= 4 is 5.91 Å². The van der Waals surface area contributed by atoms with Gasteiger partial charge in [-0.15, -0.1) is 10.2 Å². The Morgan fingerprint density at radius 3 is 2.69 bits per heavy atom. The highest BCUT2D eigenvalue weighted by Gasteiger charge is 2.23. The maximum Gasteiger partial charge on any atom is 0.249 e. The number of carbonyl (C=O) groups is 1. The molecule has 0 fully saturated rings. The van der Waals surface area contributed by atoms with Crippen LogP contribution in [0.1, 0.15) is 23.4 Å². The van der Waals surface area contributed by atoms with Gasteiger partial charge in [0.05, 0.1) is 19.8 Å². The molecular weight excluding hydrogens is 372 g/mol. The predicted molar refractivity (Wildman–Crippen MR) is 105 cm³/mol. The summed E-state index contributed by atoms with van der Waals surface area (Å²) < 4.78 is 16.4. The summed E-state index contributed by atoms with van der Waals surface area (Å²) >= 11 is 0. The van der Waals surface area contributed by atoms with Gasteiger partial charge in [-0.25, -0.2) is 0 Å². The Kier molecular flexibility index (Phi) is 5.41. The Balaban J connectivity index is 1.38. The topological polar surface area (TPSA) is 90.6 Å². The Morgan fingerprint density at radius 1 is 1.17 bits per heavy atom. The number of hydrogen-bond donors (Lipinski definition) is 0. The zero-order valence-corrected chi connectivity index (χ0v) is 16.4. The van der Waals surface area contributed by atoms with Gasteiger partial charge in [0.1, 0.15) is 0 Å². The van der Waals surface area contributed by atoms with Crippen molar-refractivity contribution in [2.45, 2.75) is 25.8 Å². The van der Waals surface area contributed by atoms with Crippen LogP contribution >= 0.6 is 0 Å². The monoisotopic (exact) mass is 394 g/mol. The van der Waals surface area contributed by atoms with Gasteiger partial charge >= 0.3 is 0 Å². The number of ether oxygens (including phenoxy) is 2. The summed E-state index contributed by atoms with van der Waals surface area (Å²) in [5.74, 6) is 2.31. The maximum absolute atomic E-state index is 12.7. The largest absolute Gasteiger partial charge is 0.493 e. The number of methoxy groups -OCH3 is 2. The van der Waals surface area contributed by atoms with Crippen molar-refractivity contribution < 1.29 is 18.7 Å². The first-order valence-corrected chi connectivity index (χ1v) is 9.42. The molecule has 2 aromatic heterocycles. The molecule has 150 valence electrons. The van der Waals surface area contributed by atoms with E-state index in [0.717, 1.165) is 17.5 Å². The van der Waals surface area contributed by atoms with Gasteiger partial charge in [-0.1, -0.05) is 0 Å². The molecule has 29 heavy (non-hydrogen) atoms. The number of carbonyl (C=O) groups excluding carboxylic acids is 1. The predicted octanol–water partition coefficient (Wildman–Crippen LogP) is 2.67. The van der Waals surface area contributed by atoms with E-state index in [1.165, 1.54) is 5.56 Å². The van der Waals surface area contributed by atoms with Gasteiger partial charge in [0.25, 0.3) is 0 Å². The second-order valence-electron chi connectivity index (χ2n) is 6.78. The molecule has 0 spiro atoms. The molecule has 8 nitrogen and oxygen atoms in total. The van der Waals surface area contributed by atoms with E-state index in [9.17, 15) is 4.79 Å². The molecule has 1 aliphatic heterocycles. The number of benzene rings is 1. The van der Waals surface area contributed by atoms with Crippen LogP contribution in [0.25, 0.3) is 11.5 Å². The van der Waals surface area contributed by atoms with Crippen LogP contribution in [-0.2, 0) is 24.2 Å². The summed E-state index contributed by atoms with van der Waals surface area (Å²) in [6.45, 7) is 1.23. The average molecular weight is 394 g/mol. The molecule has 0 bridgehead atoms. The van der Waals surface area contributed by atoms with Crippen molar-refractivity contribution in [3.8, 4) is 23.0 Å². The molecule has 0 N–H and O–H groups in total. The van der Waals surface area contributed by atoms with Gasteiger partial charge in [-0.05, 0) is 41.8 Å². The quantitative estimate of drug-likeness (QED) is 0.635. The highest BCUT2D eigenvalue weighted by atomic mass is 16.5. The van der Waals surface area contributed by atoms with Crippen molar-refractivity contribution in [1.82, 2.24) is 20.1 Å². The van der Waals surface area contributed by atoms with E-state index in [1.54, 1.807) is 26.6 Å². The molecule has 0 aliphatic carbocycles. The van der Waals surface area contributed by atoms with Crippen LogP contribution in [0, 0.1) is 0 Å². The van der Waals surface area contributed by atoms with Crippen LogP contribution in [0.4, 0.5) is 0 Å². The fourth-order valence-corrected chi connectivity index (χ4v) is 3.43. The molecule has 3 aromatic rings. The van der Waals surface area contributed by atoms with E-state index in [0.29, 0.717) is 49.2 Å². The third-order valence-electron chi connectivity index (χ3n) is 5.00. The van der Waals surface area contributed by atoms with Gasteiger partial charge < -0.3 is 18.8 Å². The van der Waals surface area contributed by atoms with E-state index in [2.05, 4.69) is 15.2 Å². The average Bonchev–Trinajstić information content (AvgIpc) is 3.25. The van der Waals surface area contributed by atoms with Crippen LogP contribution in [0.5, 0.6) is 11.5 Å². The smallest absolute Gasteiger partial charge is 0.249 e. The lowest BCUT2D eigenvalue weighted by atomic mass is 9.98. The Bertz CT molecular complexity index is 1000. The Hall–Kier alpha value is -3.42. The number of rotatable bonds is 6. The standard InChI is InChI=1S/C21H22N4O4/c1-27-17-10-14-7-9-25(13-16(14)11-18(17)28-2)20(26)6-5-19-23-24-21(29-19)15-4-3-8-22-12-15/h3-4,8,10-12H,5-7,9,13H2,1-2H3. The SMILES string of the molecule is COc1cc2c(cc1OC)CN(C(=O)CCc1nnc(-c3cccnc3)o1)CC2. The van der Waals surface area contributed by atoms with Crippen molar-refractivity contribution in [3.05, 3.63) is 53.7 Å². The summed E-state index contributed by atoms with van der Waals surface area (Å²) in [6.07, 6.45) is 4.85. The van der Waals surface area contributed by atoms with Crippen molar-refractivity contribution in [2.75, 3.05) is 20.8 Å². The van der Waals surface area contributed by atoms with E-state index < -0.39 is 0 Å². The first-order chi connectivity index (χ1) is 14.2. The number of aromatic nitrogens is 3. The lowest BCUT2D eigenvalue weighted by Gasteiger charge is -2.29. The minimum atomic E-state index is 0.0616. The number of amides is 1. The van der Waals surface area contributed by atoms with Gasteiger partial charge in [0.2, 0.25) is 17.7 Å². The van der Waals surface area contributed by atoms with Gasteiger partial charge in [-0.2, -0.15) is 0 Å². The van der Waals surface area contributed by atoms with Crippen LogP contribution in [0.15, 0.2) is 41.1 Å². The fraction of sp³-hybridized carbons (Fsp3) is 0.333. The molecular formula is C21H22N4O4. The molecule has 3 heterocycles. The van der Waals surface area contributed by atoms with Gasteiger partial charge in [0, 0.05) is 38.3 Å². The highest BCUT2D eigenvalue weighted by molar-refractivity contribution is 5.76. The van der Waals surface area contributed by atoms with E-state index in [4.69, 9.17) is 13.9 Å². The molecule has 1 aromatic carbocycles. The van der Waals surface area contributed by atoms with E-state index in [-0.39, 0.29) is 5.91 Å². The number of nitrogens with zero attached hydrogens (tertiary/aromatic N) is 4. The maximum atomic E-state index is 12.7.